The van der Waals surface area contributed by atoms with Crippen LogP contribution >= 0.6 is 0 Å². The quantitative estimate of drug-likeness (QED) is 0.544. The number of piperidine rings is 1. The van der Waals surface area contributed by atoms with Crippen molar-refractivity contribution in [2.75, 3.05) is 38.6 Å². The number of esters is 1. The molecule has 1 fully saturated rings. The molecule has 0 bridgehead atoms. The number of hydrogen-bond donors (Lipinski definition) is 1. The molecule has 5 nitrogen and oxygen atoms in total. The molecule has 178 valence electrons. The Kier molecular flexibility index (Phi) is 8.32. The number of carbonyl (C=O) groups is 1. The molecule has 1 aromatic heterocycles. The highest BCUT2D eigenvalue weighted by molar-refractivity contribution is 5.70. The van der Waals surface area contributed by atoms with E-state index in [1.165, 1.54) is 30.9 Å². The van der Waals surface area contributed by atoms with Gasteiger partial charge in [-0.15, -0.1) is 0 Å². The highest BCUT2D eigenvalue weighted by Gasteiger charge is 2.25. The summed E-state index contributed by atoms with van der Waals surface area (Å²) in [5.74, 6) is 1.16. The molecule has 2 aromatic rings. The molecule has 0 radical (unpaired) electrons. The van der Waals surface area contributed by atoms with Crippen LogP contribution in [-0.2, 0) is 22.4 Å². The minimum atomic E-state index is -0.249. The number of methoxy groups -OCH3 is 1. The zero-order chi connectivity index (χ0) is 23.0. The van der Waals surface area contributed by atoms with E-state index in [9.17, 15) is 9.18 Å². The largest absolute Gasteiger partial charge is 0.469 e. The van der Waals surface area contributed by atoms with E-state index in [0.29, 0.717) is 12.3 Å². The first-order valence-electron chi connectivity index (χ1n) is 12.4. The summed E-state index contributed by atoms with van der Waals surface area (Å²) in [7, 11) is 1.42. The molecule has 0 spiro atoms. The summed E-state index contributed by atoms with van der Waals surface area (Å²) in [5, 5.41) is 3.42. The van der Waals surface area contributed by atoms with Crippen molar-refractivity contribution < 1.29 is 13.9 Å². The SMILES string of the molecule is COC(=O)CC(CC1CCN(CCCc2ccc3c(n2)NCCC3)CC1)c1cccc(F)c1. The maximum atomic E-state index is 13.8. The number of carbonyl (C=O) groups excluding carboxylic acids is 1. The molecule has 1 aromatic carbocycles. The predicted molar refractivity (Wildman–Crippen MR) is 129 cm³/mol. The van der Waals surface area contributed by atoms with Gasteiger partial charge in [-0.25, -0.2) is 9.37 Å². The van der Waals surface area contributed by atoms with Crippen molar-refractivity contribution in [1.29, 1.82) is 0 Å². The van der Waals surface area contributed by atoms with Gasteiger partial charge in [-0.05, 0) is 106 Å². The van der Waals surface area contributed by atoms with Crippen LogP contribution in [0.3, 0.4) is 0 Å². The predicted octanol–water partition coefficient (Wildman–Crippen LogP) is 4.96. The lowest BCUT2D eigenvalue weighted by molar-refractivity contribution is -0.141. The maximum Gasteiger partial charge on any atom is 0.306 e. The number of pyridine rings is 1. The first-order chi connectivity index (χ1) is 16.1. The number of halogens is 1. The zero-order valence-corrected chi connectivity index (χ0v) is 19.7. The zero-order valence-electron chi connectivity index (χ0n) is 19.7. The number of nitrogens with one attached hydrogen (secondary N) is 1. The monoisotopic (exact) mass is 453 g/mol. The molecule has 6 heteroatoms. The van der Waals surface area contributed by atoms with Crippen LogP contribution in [0, 0.1) is 11.7 Å². The normalized spacial score (nSPS) is 17.8. The third-order valence-electron chi connectivity index (χ3n) is 7.14. The number of benzene rings is 1. The molecule has 1 atom stereocenters. The smallest absolute Gasteiger partial charge is 0.306 e. The van der Waals surface area contributed by atoms with Crippen LogP contribution in [0.4, 0.5) is 10.2 Å². The van der Waals surface area contributed by atoms with Crippen LogP contribution in [0.1, 0.15) is 61.3 Å². The average molecular weight is 454 g/mol. The number of rotatable bonds is 9. The van der Waals surface area contributed by atoms with Gasteiger partial charge in [0.05, 0.1) is 13.5 Å². The standard InChI is InChI=1S/C27H36FN3O2/c1-33-26(32)19-23(22-5-2-7-24(28)18-22)17-20-11-15-31(16-12-20)14-4-8-25-10-9-21-6-3-13-29-27(21)30-25/h2,5,7,9-10,18,20,23H,3-4,6,8,11-17,19H2,1H3,(H,29,30). The Morgan fingerprint density at radius 1 is 1.27 bits per heavy atom. The number of aromatic nitrogens is 1. The summed E-state index contributed by atoms with van der Waals surface area (Å²) in [5.41, 5.74) is 3.42. The Bertz CT molecular complexity index is 927. The number of fused-ring (bicyclic) bond motifs is 1. The molecule has 4 rings (SSSR count). The minimum Gasteiger partial charge on any atom is -0.469 e. The van der Waals surface area contributed by atoms with Crippen molar-refractivity contribution in [2.24, 2.45) is 5.92 Å². The number of nitrogens with zero attached hydrogens (tertiary/aromatic N) is 2. The van der Waals surface area contributed by atoms with Crippen LogP contribution < -0.4 is 5.32 Å². The van der Waals surface area contributed by atoms with Gasteiger partial charge in [-0.1, -0.05) is 18.2 Å². The van der Waals surface area contributed by atoms with E-state index in [1.807, 2.05) is 6.07 Å². The Hall–Kier alpha value is -2.47. The van der Waals surface area contributed by atoms with Crippen molar-refractivity contribution in [2.45, 2.75) is 57.3 Å². The van der Waals surface area contributed by atoms with Crippen molar-refractivity contribution in [3.05, 3.63) is 59.0 Å². The van der Waals surface area contributed by atoms with Crippen LogP contribution in [0.25, 0.3) is 0 Å². The van der Waals surface area contributed by atoms with Gasteiger partial charge in [0.2, 0.25) is 0 Å². The van der Waals surface area contributed by atoms with Crippen LogP contribution in [0.5, 0.6) is 0 Å². The summed E-state index contributed by atoms with van der Waals surface area (Å²) in [4.78, 5) is 19.3. The first kappa shape index (κ1) is 23.7. The summed E-state index contributed by atoms with van der Waals surface area (Å²) in [6.45, 7) is 4.28. The highest BCUT2D eigenvalue weighted by atomic mass is 19.1. The van der Waals surface area contributed by atoms with E-state index in [0.717, 1.165) is 76.1 Å². The maximum absolute atomic E-state index is 13.8. The fourth-order valence-corrected chi connectivity index (χ4v) is 5.22. The molecule has 0 aliphatic carbocycles. The molecular formula is C27H36FN3O2. The van der Waals surface area contributed by atoms with Crippen LogP contribution in [0.2, 0.25) is 0 Å². The highest BCUT2D eigenvalue weighted by Crippen LogP contribution is 2.33. The Balaban J connectivity index is 1.23. The molecule has 3 heterocycles. The molecular weight excluding hydrogens is 417 g/mol. The minimum absolute atomic E-state index is 0.00777. The molecule has 0 amide bonds. The van der Waals surface area contributed by atoms with Crippen molar-refractivity contribution >= 4 is 11.8 Å². The number of anilines is 1. The summed E-state index contributed by atoms with van der Waals surface area (Å²) >= 11 is 0. The summed E-state index contributed by atoms with van der Waals surface area (Å²) in [6.07, 6.45) is 7.89. The number of hydrogen-bond acceptors (Lipinski definition) is 5. The Labute approximate surface area is 196 Å². The molecule has 0 saturated carbocycles. The lowest BCUT2D eigenvalue weighted by Gasteiger charge is -2.33. The summed E-state index contributed by atoms with van der Waals surface area (Å²) < 4.78 is 18.7. The second-order valence-corrected chi connectivity index (χ2v) is 9.50. The van der Waals surface area contributed by atoms with Crippen molar-refractivity contribution in [1.82, 2.24) is 9.88 Å². The van der Waals surface area contributed by atoms with E-state index in [-0.39, 0.29) is 17.7 Å². The van der Waals surface area contributed by atoms with Gasteiger partial charge in [-0.3, -0.25) is 4.79 Å². The molecule has 33 heavy (non-hydrogen) atoms. The van der Waals surface area contributed by atoms with E-state index in [1.54, 1.807) is 12.1 Å². The van der Waals surface area contributed by atoms with Gasteiger partial charge >= 0.3 is 5.97 Å². The number of aryl methyl sites for hydroxylation is 2. The third kappa shape index (κ3) is 6.76. The molecule has 1 unspecified atom stereocenters. The van der Waals surface area contributed by atoms with E-state index in [2.05, 4.69) is 22.3 Å². The van der Waals surface area contributed by atoms with Crippen LogP contribution in [-0.4, -0.2) is 49.1 Å². The average Bonchev–Trinajstić information content (AvgIpc) is 2.84. The van der Waals surface area contributed by atoms with Gasteiger partial charge < -0.3 is 15.0 Å². The Morgan fingerprint density at radius 2 is 2.12 bits per heavy atom. The van der Waals surface area contributed by atoms with E-state index >= 15 is 0 Å². The molecule has 1 saturated heterocycles. The van der Waals surface area contributed by atoms with Gasteiger partial charge in [0, 0.05) is 12.2 Å². The van der Waals surface area contributed by atoms with Gasteiger partial charge in [0.1, 0.15) is 11.6 Å². The van der Waals surface area contributed by atoms with Crippen molar-refractivity contribution in [3.8, 4) is 0 Å². The lowest BCUT2D eigenvalue weighted by atomic mass is 9.82. The second-order valence-electron chi connectivity index (χ2n) is 9.50. The topological polar surface area (TPSA) is 54.5 Å². The van der Waals surface area contributed by atoms with Gasteiger partial charge in [0.25, 0.3) is 0 Å². The molecule has 1 N–H and O–H groups in total. The van der Waals surface area contributed by atoms with Crippen LogP contribution in [0.15, 0.2) is 36.4 Å². The second kappa shape index (κ2) is 11.6. The Morgan fingerprint density at radius 3 is 2.91 bits per heavy atom. The van der Waals surface area contributed by atoms with Gasteiger partial charge in [-0.2, -0.15) is 0 Å². The molecule has 2 aliphatic rings. The first-order valence-corrected chi connectivity index (χ1v) is 12.4. The van der Waals surface area contributed by atoms with Gasteiger partial charge in [0.15, 0.2) is 0 Å². The number of ether oxygens (including phenoxy) is 1. The van der Waals surface area contributed by atoms with Crippen molar-refractivity contribution in [3.63, 3.8) is 0 Å². The van der Waals surface area contributed by atoms with E-state index in [4.69, 9.17) is 9.72 Å². The third-order valence-corrected chi connectivity index (χ3v) is 7.14. The fourth-order valence-electron chi connectivity index (χ4n) is 5.22. The lowest BCUT2D eigenvalue weighted by Crippen LogP contribution is -2.35. The number of likely N-dealkylation sites (tertiary alicyclic amines) is 1. The summed E-state index contributed by atoms with van der Waals surface area (Å²) in [6, 6.07) is 11.1. The molecule has 2 aliphatic heterocycles. The fraction of sp³-hybridized carbons (Fsp3) is 0.556. The van der Waals surface area contributed by atoms with E-state index < -0.39 is 0 Å².